The van der Waals surface area contributed by atoms with Gasteiger partial charge in [-0.15, -0.1) is 0 Å². The first kappa shape index (κ1) is 7.80. The van der Waals surface area contributed by atoms with Gasteiger partial charge in [0, 0.05) is 18.3 Å². The summed E-state index contributed by atoms with van der Waals surface area (Å²) in [6, 6.07) is 15.9. The Hall–Kier alpha value is -1.83. The van der Waals surface area contributed by atoms with E-state index in [1.807, 2.05) is 30.3 Å². The van der Waals surface area contributed by atoms with Gasteiger partial charge in [0.15, 0.2) is 0 Å². The van der Waals surface area contributed by atoms with Crippen molar-refractivity contribution in [2.75, 3.05) is 0 Å². The minimum absolute atomic E-state index is 0.588. The molecule has 2 rings (SSSR count). The molecule has 0 bridgehead atoms. The fourth-order valence-electron chi connectivity index (χ4n) is 0.960. The normalized spacial score (nSPS) is 9.54. The second kappa shape index (κ2) is 3.72. The molecular weight excluding hydrogens is 162 g/mol. The predicted molar refractivity (Wildman–Crippen MR) is 49.6 cm³/mol. The Morgan fingerprint density at radius 1 is 1.08 bits per heavy atom. The molecule has 0 amide bonds. The molecule has 1 radical (unpaired) electrons. The number of ether oxygens (including phenoxy) is 1. The SMILES string of the molecule is [c]1ccccc1Oc1ccccn1. The van der Waals surface area contributed by atoms with E-state index in [1.165, 1.54) is 0 Å². The maximum atomic E-state index is 5.41. The fraction of sp³-hybridized carbons (Fsp3) is 0. The Kier molecular flexibility index (Phi) is 2.23. The summed E-state index contributed by atoms with van der Waals surface area (Å²) in [5, 5.41) is 0. The molecule has 0 saturated heterocycles. The van der Waals surface area contributed by atoms with Crippen LogP contribution in [-0.2, 0) is 0 Å². The van der Waals surface area contributed by atoms with Gasteiger partial charge < -0.3 is 4.74 Å². The summed E-state index contributed by atoms with van der Waals surface area (Å²) in [7, 11) is 0. The first-order valence-corrected chi connectivity index (χ1v) is 4.01. The van der Waals surface area contributed by atoms with Crippen LogP contribution in [-0.4, -0.2) is 4.98 Å². The maximum absolute atomic E-state index is 5.41. The van der Waals surface area contributed by atoms with Gasteiger partial charge in [-0.25, -0.2) is 4.98 Å². The first-order valence-electron chi connectivity index (χ1n) is 4.01. The van der Waals surface area contributed by atoms with Crippen molar-refractivity contribution in [1.29, 1.82) is 0 Å². The zero-order valence-corrected chi connectivity index (χ0v) is 6.97. The van der Waals surface area contributed by atoms with Crippen LogP contribution in [0.25, 0.3) is 0 Å². The van der Waals surface area contributed by atoms with Gasteiger partial charge in [0.2, 0.25) is 5.88 Å². The summed E-state index contributed by atoms with van der Waals surface area (Å²) in [4.78, 5) is 4.03. The fourth-order valence-corrected chi connectivity index (χ4v) is 0.960. The molecular formula is C11H8NO. The molecule has 0 spiro atoms. The van der Waals surface area contributed by atoms with Crippen molar-refractivity contribution >= 4 is 0 Å². The highest BCUT2D eigenvalue weighted by Gasteiger charge is 1.94. The summed E-state index contributed by atoms with van der Waals surface area (Å²) < 4.78 is 5.41. The number of hydrogen-bond acceptors (Lipinski definition) is 2. The third-order valence-electron chi connectivity index (χ3n) is 1.53. The number of hydrogen-bond donors (Lipinski definition) is 0. The van der Waals surface area contributed by atoms with Gasteiger partial charge in [0.1, 0.15) is 5.75 Å². The van der Waals surface area contributed by atoms with Crippen LogP contribution < -0.4 is 4.74 Å². The number of rotatable bonds is 2. The van der Waals surface area contributed by atoms with Crippen molar-refractivity contribution in [3.05, 3.63) is 54.7 Å². The molecule has 63 valence electrons. The molecule has 13 heavy (non-hydrogen) atoms. The number of aromatic nitrogens is 1. The van der Waals surface area contributed by atoms with E-state index in [9.17, 15) is 0 Å². The van der Waals surface area contributed by atoms with E-state index in [0.717, 1.165) is 0 Å². The summed E-state index contributed by atoms with van der Waals surface area (Å²) in [6.07, 6.45) is 1.69. The number of benzene rings is 1. The average molecular weight is 170 g/mol. The van der Waals surface area contributed by atoms with Crippen LogP contribution in [0.2, 0.25) is 0 Å². The topological polar surface area (TPSA) is 22.1 Å². The van der Waals surface area contributed by atoms with E-state index >= 15 is 0 Å². The van der Waals surface area contributed by atoms with Crippen LogP contribution in [0.3, 0.4) is 0 Å². The quantitative estimate of drug-likeness (QED) is 0.691. The molecule has 2 aromatic rings. The monoisotopic (exact) mass is 170 g/mol. The minimum atomic E-state index is 0.588. The molecule has 0 N–H and O–H groups in total. The van der Waals surface area contributed by atoms with Gasteiger partial charge in [-0.1, -0.05) is 24.3 Å². The second-order valence-corrected chi connectivity index (χ2v) is 2.50. The van der Waals surface area contributed by atoms with Crippen LogP contribution in [0.15, 0.2) is 48.7 Å². The Morgan fingerprint density at radius 2 is 2.00 bits per heavy atom. The van der Waals surface area contributed by atoms with E-state index in [0.29, 0.717) is 11.6 Å². The van der Waals surface area contributed by atoms with E-state index in [4.69, 9.17) is 4.74 Å². The van der Waals surface area contributed by atoms with Crippen molar-refractivity contribution < 1.29 is 4.74 Å². The highest BCUT2D eigenvalue weighted by molar-refractivity contribution is 5.24. The molecule has 0 aliphatic heterocycles. The molecule has 1 aromatic heterocycles. The highest BCUT2D eigenvalue weighted by atomic mass is 16.5. The molecule has 0 atom stereocenters. The average Bonchev–Trinajstić information content (AvgIpc) is 2.21. The predicted octanol–water partition coefficient (Wildman–Crippen LogP) is 2.67. The van der Waals surface area contributed by atoms with Crippen molar-refractivity contribution in [3.63, 3.8) is 0 Å². The Balaban J connectivity index is 2.16. The molecule has 2 heteroatoms. The highest BCUT2D eigenvalue weighted by Crippen LogP contribution is 2.16. The zero-order valence-electron chi connectivity index (χ0n) is 6.97. The molecule has 0 fully saturated rings. The molecule has 0 aliphatic rings. The van der Waals surface area contributed by atoms with Crippen molar-refractivity contribution in [2.45, 2.75) is 0 Å². The Morgan fingerprint density at radius 3 is 2.69 bits per heavy atom. The van der Waals surface area contributed by atoms with Crippen molar-refractivity contribution in [2.24, 2.45) is 0 Å². The van der Waals surface area contributed by atoms with Gasteiger partial charge in [-0.05, 0) is 12.1 Å². The van der Waals surface area contributed by atoms with E-state index in [-0.39, 0.29) is 0 Å². The van der Waals surface area contributed by atoms with Gasteiger partial charge in [-0.2, -0.15) is 0 Å². The second-order valence-electron chi connectivity index (χ2n) is 2.50. The molecule has 0 aliphatic carbocycles. The summed E-state index contributed by atoms with van der Waals surface area (Å²) >= 11 is 0. The van der Waals surface area contributed by atoms with E-state index in [1.54, 1.807) is 18.3 Å². The number of nitrogens with zero attached hydrogens (tertiary/aromatic N) is 1. The van der Waals surface area contributed by atoms with Crippen LogP contribution in [0.4, 0.5) is 0 Å². The van der Waals surface area contributed by atoms with Crippen LogP contribution >= 0.6 is 0 Å². The summed E-state index contributed by atoms with van der Waals surface area (Å²) in [5.41, 5.74) is 0. The Labute approximate surface area is 76.8 Å². The molecule has 1 aromatic carbocycles. The summed E-state index contributed by atoms with van der Waals surface area (Å²) in [6.45, 7) is 0. The van der Waals surface area contributed by atoms with Crippen LogP contribution in [0, 0.1) is 6.07 Å². The van der Waals surface area contributed by atoms with E-state index in [2.05, 4.69) is 11.1 Å². The Bertz CT molecular complexity index is 321. The lowest BCUT2D eigenvalue weighted by molar-refractivity contribution is 0.462. The zero-order chi connectivity index (χ0) is 8.93. The first-order chi connectivity index (χ1) is 6.45. The third kappa shape index (κ3) is 2.06. The lowest BCUT2D eigenvalue weighted by Crippen LogP contribution is -1.85. The molecule has 2 nitrogen and oxygen atoms in total. The summed E-state index contributed by atoms with van der Waals surface area (Å²) in [5.74, 6) is 1.27. The number of pyridine rings is 1. The third-order valence-corrected chi connectivity index (χ3v) is 1.53. The van der Waals surface area contributed by atoms with Crippen LogP contribution in [0.5, 0.6) is 11.6 Å². The molecule has 1 heterocycles. The molecule has 0 unspecified atom stereocenters. The lowest BCUT2D eigenvalue weighted by atomic mass is 10.3. The van der Waals surface area contributed by atoms with Gasteiger partial charge in [0.05, 0.1) is 0 Å². The smallest absolute Gasteiger partial charge is 0.219 e. The number of para-hydroxylation sites is 1. The lowest BCUT2D eigenvalue weighted by Gasteiger charge is -2.01. The molecule has 0 saturated carbocycles. The van der Waals surface area contributed by atoms with Crippen LogP contribution in [0.1, 0.15) is 0 Å². The van der Waals surface area contributed by atoms with Crippen molar-refractivity contribution in [3.8, 4) is 11.6 Å². The van der Waals surface area contributed by atoms with Crippen molar-refractivity contribution in [1.82, 2.24) is 4.98 Å². The van der Waals surface area contributed by atoms with Gasteiger partial charge in [0.25, 0.3) is 0 Å². The van der Waals surface area contributed by atoms with Gasteiger partial charge in [-0.3, -0.25) is 0 Å². The minimum Gasteiger partial charge on any atom is -0.438 e. The van der Waals surface area contributed by atoms with E-state index < -0.39 is 0 Å². The largest absolute Gasteiger partial charge is 0.438 e. The standard InChI is InChI=1S/C11H8NO/c1-2-6-10(7-3-1)13-11-8-4-5-9-12-11/h1-6,8-9H. The maximum Gasteiger partial charge on any atom is 0.219 e. The van der Waals surface area contributed by atoms with Gasteiger partial charge >= 0.3 is 0 Å².